The average Bonchev–Trinajstić information content (AvgIpc) is 3.15. The molecule has 0 saturated carbocycles. The summed E-state index contributed by atoms with van der Waals surface area (Å²) in [5.74, 6) is 0.0814. The molecule has 0 radical (unpaired) electrons. The molecule has 0 bridgehead atoms. The van der Waals surface area contributed by atoms with Gasteiger partial charge in [0, 0.05) is 16.7 Å². The lowest BCUT2D eigenvalue weighted by Gasteiger charge is -2.06. The van der Waals surface area contributed by atoms with Gasteiger partial charge in [0.1, 0.15) is 17.2 Å². The molecule has 1 aromatic heterocycles. The van der Waals surface area contributed by atoms with Crippen molar-refractivity contribution in [2.75, 3.05) is 0 Å². The van der Waals surface area contributed by atoms with E-state index in [2.05, 4.69) is 5.16 Å². The molecular formula is C22H13Cl2NO4. The Hall–Kier alpha value is -3.28. The number of aromatic nitrogens is 1. The maximum absolute atomic E-state index is 13.4. The number of carbonyl (C=O) groups excluding carboxylic acids is 1. The summed E-state index contributed by atoms with van der Waals surface area (Å²) >= 11 is 12.1. The van der Waals surface area contributed by atoms with E-state index >= 15 is 0 Å². The molecule has 3 aromatic carbocycles. The van der Waals surface area contributed by atoms with E-state index in [1.165, 1.54) is 30.3 Å². The molecule has 0 unspecified atom stereocenters. The second-order valence-corrected chi connectivity index (χ2v) is 7.10. The van der Waals surface area contributed by atoms with Crippen LogP contribution < -0.4 is 0 Å². The first kappa shape index (κ1) is 19.1. The lowest BCUT2D eigenvalue weighted by atomic mass is 9.95. The molecule has 0 aliphatic rings. The van der Waals surface area contributed by atoms with Crippen molar-refractivity contribution >= 4 is 29.0 Å². The highest BCUT2D eigenvalue weighted by atomic mass is 35.5. The second-order valence-electron chi connectivity index (χ2n) is 6.29. The predicted molar refractivity (Wildman–Crippen MR) is 111 cm³/mol. The number of phenols is 2. The van der Waals surface area contributed by atoms with E-state index in [4.69, 9.17) is 27.7 Å². The maximum Gasteiger partial charge on any atom is 0.199 e. The quantitative estimate of drug-likeness (QED) is 0.394. The van der Waals surface area contributed by atoms with Gasteiger partial charge in [-0.15, -0.1) is 0 Å². The Morgan fingerprint density at radius 3 is 1.97 bits per heavy atom. The van der Waals surface area contributed by atoms with Gasteiger partial charge in [-0.3, -0.25) is 4.79 Å². The largest absolute Gasteiger partial charge is 0.508 e. The van der Waals surface area contributed by atoms with Crippen LogP contribution in [0.25, 0.3) is 22.6 Å². The Kier molecular flexibility index (Phi) is 5.01. The average molecular weight is 426 g/mol. The third kappa shape index (κ3) is 3.70. The normalized spacial score (nSPS) is 10.8. The highest BCUT2D eigenvalue weighted by Crippen LogP contribution is 2.36. The van der Waals surface area contributed by atoms with Gasteiger partial charge in [-0.05, 0) is 66.7 Å². The van der Waals surface area contributed by atoms with Crippen molar-refractivity contribution in [3.63, 3.8) is 0 Å². The number of ketones is 1. The summed E-state index contributed by atoms with van der Waals surface area (Å²) in [5, 5.41) is 23.8. The molecule has 29 heavy (non-hydrogen) atoms. The smallest absolute Gasteiger partial charge is 0.199 e. The fraction of sp³-hybridized carbons (Fsp3) is 0. The minimum atomic E-state index is -0.351. The van der Waals surface area contributed by atoms with E-state index in [0.717, 1.165) is 0 Å². The minimum Gasteiger partial charge on any atom is -0.508 e. The highest BCUT2D eigenvalue weighted by molar-refractivity contribution is 6.42. The van der Waals surface area contributed by atoms with Crippen molar-refractivity contribution in [3.05, 3.63) is 87.9 Å². The van der Waals surface area contributed by atoms with E-state index in [1.54, 1.807) is 36.4 Å². The lowest BCUT2D eigenvalue weighted by molar-refractivity contribution is 0.103. The van der Waals surface area contributed by atoms with Crippen molar-refractivity contribution in [1.29, 1.82) is 0 Å². The van der Waals surface area contributed by atoms with Crippen molar-refractivity contribution in [3.8, 4) is 34.1 Å². The fourth-order valence-corrected chi connectivity index (χ4v) is 3.21. The SMILES string of the molecule is O=C(c1ccc(Cl)c(Cl)c1)c1c(-c2ccc(O)cc2)noc1-c1ccc(O)cc1. The number of aromatic hydroxyl groups is 2. The summed E-state index contributed by atoms with van der Waals surface area (Å²) in [6.07, 6.45) is 0. The Labute approximate surface area is 175 Å². The van der Waals surface area contributed by atoms with E-state index in [0.29, 0.717) is 27.4 Å². The molecule has 0 fully saturated rings. The Morgan fingerprint density at radius 1 is 0.793 bits per heavy atom. The van der Waals surface area contributed by atoms with Gasteiger partial charge in [0.15, 0.2) is 11.5 Å². The van der Waals surface area contributed by atoms with Crippen LogP contribution in [0, 0.1) is 0 Å². The molecule has 0 atom stereocenters. The Bertz CT molecular complexity index is 1140. The van der Waals surface area contributed by atoms with Gasteiger partial charge in [-0.1, -0.05) is 28.4 Å². The van der Waals surface area contributed by atoms with Crippen LogP contribution in [0.1, 0.15) is 15.9 Å². The summed E-state index contributed by atoms with van der Waals surface area (Å²) in [5.41, 5.74) is 2.05. The first-order valence-electron chi connectivity index (χ1n) is 8.52. The molecule has 4 aromatic rings. The van der Waals surface area contributed by atoms with Crippen LogP contribution in [-0.4, -0.2) is 21.2 Å². The molecule has 5 nitrogen and oxygen atoms in total. The van der Waals surface area contributed by atoms with Crippen LogP contribution in [-0.2, 0) is 0 Å². The van der Waals surface area contributed by atoms with Crippen molar-refractivity contribution in [2.24, 2.45) is 0 Å². The predicted octanol–water partition coefficient (Wildman–Crippen LogP) is 5.96. The number of benzene rings is 3. The summed E-state index contributed by atoms with van der Waals surface area (Å²) in [6.45, 7) is 0. The minimum absolute atomic E-state index is 0.0874. The first-order valence-corrected chi connectivity index (χ1v) is 9.28. The Balaban J connectivity index is 1.91. The van der Waals surface area contributed by atoms with Crippen LogP contribution in [0.15, 0.2) is 71.3 Å². The summed E-state index contributed by atoms with van der Waals surface area (Å²) in [4.78, 5) is 13.4. The zero-order valence-corrected chi connectivity index (χ0v) is 16.3. The summed E-state index contributed by atoms with van der Waals surface area (Å²) < 4.78 is 5.53. The monoisotopic (exact) mass is 425 g/mol. The van der Waals surface area contributed by atoms with Crippen molar-refractivity contribution < 1.29 is 19.5 Å². The number of nitrogens with zero attached hydrogens (tertiary/aromatic N) is 1. The molecule has 0 saturated heterocycles. The van der Waals surface area contributed by atoms with E-state index in [1.807, 2.05) is 0 Å². The van der Waals surface area contributed by atoms with Crippen LogP contribution in [0.4, 0.5) is 0 Å². The first-order chi connectivity index (χ1) is 13.9. The number of halogens is 2. The van der Waals surface area contributed by atoms with Gasteiger partial charge in [0.2, 0.25) is 0 Å². The molecule has 144 valence electrons. The number of phenolic OH excluding ortho intramolecular Hbond substituents is 2. The number of carbonyl (C=O) groups is 1. The molecule has 4 rings (SSSR count). The van der Waals surface area contributed by atoms with Gasteiger partial charge >= 0.3 is 0 Å². The molecule has 7 heteroatoms. The van der Waals surface area contributed by atoms with Crippen molar-refractivity contribution in [2.45, 2.75) is 0 Å². The molecule has 2 N–H and O–H groups in total. The van der Waals surface area contributed by atoms with E-state index in [9.17, 15) is 15.0 Å². The summed E-state index contributed by atoms with van der Waals surface area (Å²) in [7, 11) is 0. The van der Waals surface area contributed by atoms with Crippen molar-refractivity contribution in [1.82, 2.24) is 5.16 Å². The summed E-state index contributed by atoms with van der Waals surface area (Å²) in [6, 6.07) is 17.1. The van der Waals surface area contributed by atoms with Crippen LogP contribution in [0.5, 0.6) is 11.5 Å². The number of rotatable bonds is 4. The third-order valence-corrected chi connectivity index (χ3v) is 5.11. The van der Waals surface area contributed by atoms with Gasteiger partial charge in [0.05, 0.1) is 15.6 Å². The lowest BCUT2D eigenvalue weighted by Crippen LogP contribution is -2.04. The Morgan fingerprint density at radius 2 is 1.38 bits per heavy atom. The zero-order valence-electron chi connectivity index (χ0n) is 14.8. The van der Waals surface area contributed by atoms with Crippen LogP contribution >= 0.6 is 23.2 Å². The number of hydrogen-bond donors (Lipinski definition) is 2. The number of hydrogen-bond acceptors (Lipinski definition) is 5. The standard InChI is InChI=1S/C22H13Cl2NO4/c23-17-10-5-14(11-18(17)24)21(28)19-20(12-1-6-15(26)7-2-12)25-29-22(19)13-3-8-16(27)9-4-13/h1-11,26-27H. The van der Waals surface area contributed by atoms with Crippen LogP contribution in [0.3, 0.4) is 0 Å². The molecule has 1 heterocycles. The molecule has 0 spiro atoms. The molecule has 0 amide bonds. The van der Waals surface area contributed by atoms with E-state index < -0.39 is 0 Å². The molecule has 0 aliphatic heterocycles. The third-order valence-electron chi connectivity index (χ3n) is 4.37. The molecule has 0 aliphatic carbocycles. The highest BCUT2D eigenvalue weighted by Gasteiger charge is 2.26. The van der Waals surface area contributed by atoms with Gasteiger partial charge in [-0.2, -0.15) is 0 Å². The van der Waals surface area contributed by atoms with Gasteiger partial charge in [0.25, 0.3) is 0 Å². The fourth-order valence-electron chi connectivity index (χ4n) is 2.91. The zero-order chi connectivity index (χ0) is 20.5. The van der Waals surface area contributed by atoms with Gasteiger partial charge < -0.3 is 14.7 Å². The van der Waals surface area contributed by atoms with Gasteiger partial charge in [-0.25, -0.2) is 0 Å². The topological polar surface area (TPSA) is 83.6 Å². The maximum atomic E-state index is 13.4. The van der Waals surface area contributed by atoms with Crippen LogP contribution in [0.2, 0.25) is 10.0 Å². The van der Waals surface area contributed by atoms with E-state index in [-0.39, 0.29) is 33.6 Å². The second kappa shape index (κ2) is 7.62. The molecular weight excluding hydrogens is 413 g/mol.